The van der Waals surface area contributed by atoms with Crippen LogP contribution >= 0.6 is 0 Å². The fourth-order valence-corrected chi connectivity index (χ4v) is 6.57. The van der Waals surface area contributed by atoms with Crippen LogP contribution in [-0.2, 0) is 21.2 Å². The lowest BCUT2D eigenvalue weighted by Crippen LogP contribution is -2.38. The predicted molar refractivity (Wildman–Crippen MR) is 122 cm³/mol. The third-order valence-corrected chi connectivity index (χ3v) is 8.60. The number of nitrogens with one attached hydrogen (secondary N) is 1. The molecule has 0 radical (unpaired) electrons. The Labute approximate surface area is 182 Å². The monoisotopic (exact) mass is 437 g/mol. The second kappa shape index (κ2) is 7.80. The van der Waals surface area contributed by atoms with Crippen LogP contribution in [0.3, 0.4) is 0 Å². The largest absolute Gasteiger partial charge is 0.361 e. The van der Waals surface area contributed by atoms with Gasteiger partial charge in [-0.25, -0.2) is 8.42 Å². The molecule has 3 heterocycles. The van der Waals surface area contributed by atoms with E-state index in [2.05, 4.69) is 23.3 Å². The molecule has 1 amide bonds. The minimum Gasteiger partial charge on any atom is -0.361 e. The number of hydrogen-bond acceptors (Lipinski definition) is 3. The summed E-state index contributed by atoms with van der Waals surface area (Å²) in [4.78, 5) is 17.3. The molecule has 1 aromatic heterocycles. The highest BCUT2D eigenvalue weighted by Crippen LogP contribution is 2.36. The predicted octanol–water partition coefficient (Wildman–Crippen LogP) is 4.04. The smallest absolute Gasteiger partial charge is 0.243 e. The fraction of sp³-hybridized carbons (Fsp3) is 0.375. The zero-order valence-electron chi connectivity index (χ0n) is 17.7. The summed E-state index contributed by atoms with van der Waals surface area (Å²) in [7, 11) is -3.55. The fourth-order valence-electron chi connectivity index (χ4n) is 5.05. The third kappa shape index (κ3) is 3.55. The van der Waals surface area contributed by atoms with Crippen LogP contribution < -0.4 is 4.90 Å². The highest BCUT2D eigenvalue weighted by molar-refractivity contribution is 7.89. The van der Waals surface area contributed by atoms with Crippen LogP contribution in [-0.4, -0.2) is 43.2 Å². The van der Waals surface area contributed by atoms with E-state index in [9.17, 15) is 13.2 Å². The van der Waals surface area contributed by atoms with Gasteiger partial charge in [0, 0.05) is 49.3 Å². The van der Waals surface area contributed by atoms with Crippen molar-refractivity contribution < 1.29 is 13.2 Å². The summed E-state index contributed by atoms with van der Waals surface area (Å²) in [6.07, 6.45) is 5.34. The van der Waals surface area contributed by atoms with Crippen molar-refractivity contribution in [3.05, 3.63) is 59.8 Å². The number of H-pyrrole nitrogens is 1. The molecule has 31 heavy (non-hydrogen) atoms. The molecule has 162 valence electrons. The topological polar surface area (TPSA) is 73.5 Å². The van der Waals surface area contributed by atoms with E-state index in [1.807, 2.05) is 12.1 Å². The van der Waals surface area contributed by atoms with Gasteiger partial charge in [-0.05, 0) is 67.0 Å². The van der Waals surface area contributed by atoms with Gasteiger partial charge in [-0.15, -0.1) is 0 Å². The average Bonchev–Trinajstić information content (AvgIpc) is 3.22. The number of hydrogen-bond donors (Lipinski definition) is 1. The number of para-hydroxylation sites is 1. The molecule has 0 unspecified atom stereocenters. The lowest BCUT2D eigenvalue weighted by atomic mass is 9.90. The lowest BCUT2D eigenvalue weighted by Gasteiger charge is -2.32. The van der Waals surface area contributed by atoms with E-state index < -0.39 is 10.0 Å². The maximum Gasteiger partial charge on any atom is 0.243 e. The molecule has 0 saturated carbocycles. The van der Waals surface area contributed by atoms with Gasteiger partial charge in [-0.1, -0.05) is 18.2 Å². The number of benzene rings is 2. The highest BCUT2D eigenvalue weighted by atomic mass is 32.2. The van der Waals surface area contributed by atoms with E-state index in [0.29, 0.717) is 30.4 Å². The average molecular weight is 438 g/mol. The van der Waals surface area contributed by atoms with Crippen LogP contribution in [0.1, 0.15) is 43.2 Å². The van der Waals surface area contributed by atoms with Crippen LogP contribution in [0, 0.1) is 0 Å². The van der Waals surface area contributed by atoms with Crippen molar-refractivity contribution >= 4 is 32.5 Å². The van der Waals surface area contributed by atoms with E-state index in [1.165, 1.54) is 10.9 Å². The number of carbonyl (C=O) groups is 1. The van der Waals surface area contributed by atoms with Crippen LogP contribution in [0.15, 0.2) is 53.6 Å². The maximum absolute atomic E-state index is 13.3. The summed E-state index contributed by atoms with van der Waals surface area (Å²) in [5.74, 6) is 0.353. The first kappa shape index (κ1) is 20.3. The molecule has 3 aromatic rings. The highest BCUT2D eigenvalue weighted by Gasteiger charge is 2.32. The Hall–Kier alpha value is -2.64. The zero-order chi connectivity index (χ0) is 21.6. The van der Waals surface area contributed by atoms with Crippen LogP contribution in [0.5, 0.6) is 0 Å². The second-order valence-electron chi connectivity index (χ2n) is 8.53. The Kier molecular flexibility index (Phi) is 5.10. The molecule has 1 fully saturated rings. The number of rotatable bonds is 3. The van der Waals surface area contributed by atoms with Crippen LogP contribution in [0.2, 0.25) is 0 Å². The van der Waals surface area contributed by atoms with Crippen molar-refractivity contribution in [1.29, 1.82) is 0 Å². The Morgan fingerprint density at radius 1 is 1.06 bits per heavy atom. The van der Waals surface area contributed by atoms with E-state index in [1.54, 1.807) is 34.3 Å². The van der Waals surface area contributed by atoms with E-state index in [0.717, 1.165) is 42.5 Å². The van der Waals surface area contributed by atoms with E-state index >= 15 is 0 Å². The minimum absolute atomic E-state index is 0.00379. The molecule has 0 aliphatic carbocycles. The van der Waals surface area contributed by atoms with Gasteiger partial charge in [0.2, 0.25) is 15.9 Å². The van der Waals surface area contributed by atoms with Gasteiger partial charge >= 0.3 is 0 Å². The van der Waals surface area contributed by atoms with E-state index in [-0.39, 0.29) is 5.91 Å². The van der Waals surface area contributed by atoms with Crippen molar-refractivity contribution in [1.82, 2.24) is 9.29 Å². The molecular weight excluding hydrogens is 410 g/mol. The molecule has 2 aromatic carbocycles. The van der Waals surface area contributed by atoms with Crippen molar-refractivity contribution in [2.75, 3.05) is 24.5 Å². The Morgan fingerprint density at radius 3 is 2.61 bits per heavy atom. The number of aromatic amines is 1. The first-order chi connectivity index (χ1) is 14.9. The quantitative estimate of drug-likeness (QED) is 0.672. The standard InChI is InChI=1S/C24H27N3O3S/c1-17(28)27-12-4-5-19-15-20(8-9-24(19)27)31(29,30)26-13-10-18(11-14-26)22-16-25-23-7-3-2-6-21(22)23/h2-3,6-9,15-16,18,25H,4-5,10-14H2,1H3. The number of sulfonamides is 1. The van der Waals surface area contributed by atoms with E-state index in [4.69, 9.17) is 0 Å². The number of amides is 1. The molecule has 5 rings (SSSR count). The van der Waals surface area contributed by atoms with Gasteiger partial charge in [0.15, 0.2) is 0 Å². The number of aryl methyl sites for hydroxylation is 1. The Morgan fingerprint density at radius 2 is 1.84 bits per heavy atom. The molecule has 1 N–H and O–H groups in total. The van der Waals surface area contributed by atoms with Crippen molar-refractivity contribution in [3.63, 3.8) is 0 Å². The van der Waals surface area contributed by atoms with Gasteiger partial charge in [-0.2, -0.15) is 4.31 Å². The van der Waals surface area contributed by atoms with Crippen LogP contribution in [0.4, 0.5) is 5.69 Å². The number of piperidine rings is 1. The van der Waals surface area contributed by atoms with Crippen molar-refractivity contribution in [3.8, 4) is 0 Å². The van der Waals surface area contributed by atoms with Gasteiger partial charge in [0.1, 0.15) is 0 Å². The summed E-state index contributed by atoms with van der Waals surface area (Å²) < 4.78 is 28.3. The Bertz CT molecular complexity index is 1240. The number of carbonyl (C=O) groups excluding carboxylic acids is 1. The molecule has 2 aliphatic rings. The normalized spacial score (nSPS) is 18.3. The summed E-state index contributed by atoms with van der Waals surface area (Å²) >= 11 is 0. The van der Waals surface area contributed by atoms with Gasteiger partial charge in [0.05, 0.1) is 4.90 Å². The SMILES string of the molecule is CC(=O)N1CCCc2cc(S(=O)(=O)N3CCC(c4c[nH]c5ccccc45)CC3)ccc21. The third-order valence-electron chi connectivity index (χ3n) is 6.70. The Balaban J connectivity index is 1.35. The molecular formula is C24H27N3O3S. The summed E-state index contributed by atoms with van der Waals surface area (Å²) in [5.41, 5.74) is 4.19. The first-order valence-corrected chi connectivity index (χ1v) is 12.4. The zero-order valence-corrected chi connectivity index (χ0v) is 18.5. The molecule has 0 atom stereocenters. The minimum atomic E-state index is -3.55. The molecule has 7 heteroatoms. The number of fused-ring (bicyclic) bond motifs is 2. The molecule has 2 aliphatic heterocycles. The lowest BCUT2D eigenvalue weighted by molar-refractivity contribution is -0.116. The molecule has 0 bridgehead atoms. The summed E-state index contributed by atoms with van der Waals surface area (Å²) in [5, 5.41) is 1.23. The second-order valence-corrected chi connectivity index (χ2v) is 10.5. The van der Waals surface area contributed by atoms with Crippen LogP contribution in [0.25, 0.3) is 10.9 Å². The van der Waals surface area contributed by atoms with Gasteiger partial charge < -0.3 is 9.88 Å². The number of nitrogens with zero attached hydrogens (tertiary/aromatic N) is 2. The maximum atomic E-state index is 13.3. The number of aromatic nitrogens is 1. The van der Waals surface area contributed by atoms with Crippen molar-refractivity contribution in [2.45, 2.75) is 43.4 Å². The summed E-state index contributed by atoms with van der Waals surface area (Å²) in [6, 6.07) is 13.5. The van der Waals surface area contributed by atoms with Gasteiger partial charge in [0.25, 0.3) is 0 Å². The summed E-state index contributed by atoms with van der Waals surface area (Å²) in [6.45, 7) is 3.28. The van der Waals surface area contributed by atoms with Crippen molar-refractivity contribution in [2.24, 2.45) is 0 Å². The molecule has 0 spiro atoms. The molecule has 1 saturated heterocycles. The first-order valence-electron chi connectivity index (χ1n) is 10.9. The van der Waals surface area contributed by atoms with Gasteiger partial charge in [-0.3, -0.25) is 4.79 Å². The number of anilines is 1. The molecule has 6 nitrogen and oxygen atoms in total.